The third-order valence-corrected chi connectivity index (χ3v) is 3.80. The number of fused-ring (bicyclic) bond motifs is 1. The van der Waals surface area contributed by atoms with E-state index in [0.717, 1.165) is 13.1 Å². The molecule has 0 radical (unpaired) electrons. The summed E-state index contributed by atoms with van der Waals surface area (Å²) >= 11 is 0. The van der Waals surface area contributed by atoms with E-state index in [1.54, 1.807) is 4.90 Å². The van der Waals surface area contributed by atoms with Crippen molar-refractivity contribution in [2.24, 2.45) is 0 Å². The summed E-state index contributed by atoms with van der Waals surface area (Å²) in [6.07, 6.45) is 0. The zero-order valence-corrected chi connectivity index (χ0v) is 11.6. The predicted octanol–water partition coefficient (Wildman–Crippen LogP) is 1.10. The highest BCUT2D eigenvalue weighted by Gasteiger charge is 2.25. The largest absolute Gasteiger partial charge is 0.333 e. The Kier molecular flexibility index (Phi) is 3.47. The average molecular weight is 289 g/mol. The minimum Gasteiger partial charge on any atom is -0.333 e. The lowest BCUT2D eigenvalue weighted by atomic mass is 10.1. The maximum absolute atomic E-state index is 13.3. The van der Waals surface area contributed by atoms with E-state index in [-0.39, 0.29) is 11.9 Å². The van der Waals surface area contributed by atoms with Gasteiger partial charge in [0.1, 0.15) is 5.82 Å². The second-order valence-electron chi connectivity index (χ2n) is 5.29. The molecule has 0 aliphatic carbocycles. The third-order valence-electron chi connectivity index (χ3n) is 3.80. The highest BCUT2D eigenvalue weighted by molar-refractivity contribution is 6.06. The molecular weight excluding hydrogens is 273 g/mol. The van der Waals surface area contributed by atoms with Gasteiger partial charge >= 0.3 is 0 Å². The molecule has 0 unspecified atom stereocenters. The van der Waals surface area contributed by atoms with Crippen LogP contribution in [0.3, 0.4) is 0 Å². The van der Waals surface area contributed by atoms with Crippen molar-refractivity contribution in [2.45, 2.75) is 13.0 Å². The molecule has 1 amide bonds. The van der Waals surface area contributed by atoms with Gasteiger partial charge in [-0.05, 0) is 25.1 Å². The van der Waals surface area contributed by atoms with Crippen LogP contribution in [0.15, 0.2) is 29.1 Å². The Labute approximate surface area is 120 Å². The molecule has 1 fully saturated rings. The Morgan fingerprint density at radius 2 is 2.19 bits per heavy atom. The molecular formula is C15H16FN3O2. The van der Waals surface area contributed by atoms with Gasteiger partial charge in [0.05, 0.1) is 11.1 Å². The van der Waals surface area contributed by atoms with Gasteiger partial charge in [0.25, 0.3) is 5.91 Å². The van der Waals surface area contributed by atoms with Gasteiger partial charge in [-0.2, -0.15) is 0 Å². The summed E-state index contributed by atoms with van der Waals surface area (Å²) < 4.78 is 13.3. The Bertz CT molecular complexity index is 756. The van der Waals surface area contributed by atoms with E-state index in [2.05, 4.69) is 10.3 Å². The van der Waals surface area contributed by atoms with Crippen LogP contribution in [0.1, 0.15) is 17.3 Å². The number of pyridine rings is 1. The monoisotopic (exact) mass is 289 g/mol. The number of carbonyl (C=O) groups excluding carboxylic acids is 1. The second kappa shape index (κ2) is 5.29. The van der Waals surface area contributed by atoms with Gasteiger partial charge in [0, 0.05) is 37.1 Å². The summed E-state index contributed by atoms with van der Waals surface area (Å²) in [6, 6.07) is 5.40. The number of carbonyl (C=O) groups is 1. The fourth-order valence-corrected chi connectivity index (χ4v) is 2.71. The summed E-state index contributed by atoms with van der Waals surface area (Å²) in [4.78, 5) is 28.7. The van der Waals surface area contributed by atoms with E-state index in [0.29, 0.717) is 23.0 Å². The molecule has 0 bridgehead atoms. The topological polar surface area (TPSA) is 65.2 Å². The molecule has 2 aromatic rings. The molecule has 3 rings (SSSR count). The molecule has 1 atom stereocenters. The van der Waals surface area contributed by atoms with Crippen molar-refractivity contribution in [3.05, 3.63) is 46.0 Å². The van der Waals surface area contributed by atoms with Crippen LogP contribution in [-0.2, 0) is 0 Å². The summed E-state index contributed by atoms with van der Waals surface area (Å²) in [6.45, 7) is 4.00. The molecule has 1 aromatic heterocycles. The number of aromatic nitrogens is 1. The van der Waals surface area contributed by atoms with Crippen molar-refractivity contribution >= 4 is 16.8 Å². The third kappa shape index (κ3) is 2.54. The van der Waals surface area contributed by atoms with Crippen LogP contribution in [-0.4, -0.2) is 41.5 Å². The first-order valence-corrected chi connectivity index (χ1v) is 6.90. The number of nitrogens with zero attached hydrogens (tertiary/aromatic N) is 1. The maximum atomic E-state index is 13.3. The zero-order valence-electron chi connectivity index (χ0n) is 11.6. The van der Waals surface area contributed by atoms with E-state index in [4.69, 9.17) is 0 Å². The molecule has 1 aromatic carbocycles. The van der Waals surface area contributed by atoms with E-state index < -0.39 is 11.4 Å². The minimum atomic E-state index is -0.446. The summed E-state index contributed by atoms with van der Waals surface area (Å²) in [5.74, 6) is -0.634. The van der Waals surface area contributed by atoms with Gasteiger partial charge in [-0.3, -0.25) is 9.59 Å². The molecule has 1 aliphatic heterocycles. The molecule has 0 saturated carbocycles. The van der Waals surface area contributed by atoms with Crippen LogP contribution in [0.4, 0.5) is 4.39 Å². The second-order valence-corrected chi connectivity index (χ2v) is 5.29. The molecule has 5 nitrogen and oxygen atoms in total. The Hall–Kier alpha value is -2.21. The molecule has 2 heterocycles. The SMILES string of the molecule is C[C@@H]1CNCCN1C(=O)c1cc(=O)[nH]c2cc(F)ccc12. The minimum absolute atomic E-state index is 0.0565. The quantitative estimate of drug-likeness (QED) is 0.826. The van der Waals surface area contributed by atoms with Gasteiger partial charge in [0.2, 0.25) is 5.56 Å². The van der Waals surface area contributed by atoms with Crippen molar-refractivity contribution < 1.29 is 9.18 Å². The predicted molar refractivity (Wildman–Crippen MR) is 77.9 cm³/mol. The first-order chi connectivity index (χ1) is 10.1. The first-order valence-electron chi connectivity index (χ1n) is 6.90. The standard InChI is InChI=1S/C15H16FN3O2/c1-9-8-17-4-5-19(9)15(21)12-7-14(20)18-13-6-10(16)2-3-11(12)13/h2-3,6-7,9,17H,4-5,8H2,1H3,(H,18,20)/t9-/m1/s1. The number of halogens is 1. The highest BCUT2D eigenvalue weighted by atomic mass is 19.1. The molecule has 0 spiro atoms. The van der Waals surface area contributed by atoms with Crippen LogP contribution in [0.25, 0.3) is 10.9 Å². The van der Waals surface area contributed by atoms with E-state index in [9.17, 15) is 14.0 Å². The molecule has 1 saturated heterocycles. The van der Waals surface area contributed by atoms with Crippen LogP contribution < -0.4 is 10.9 Å². The Morgan fingerprint density at radius 3 is 2.95 bits per heavy atom. The van der Waals surface area contributed by atoms with Crippen LogP contribution >= 0.6 is 0 Å². The van der Waals surface area contributed by atoms with Crippen LogP contribution in [0.5, 0.6) is 0 Å². The number of benzene rings is 1. The smallest absolute Gasteiger partial charge is 0.255 e. The molecule has 2 N–H and O–H groups in total. The number of aromatic amines is 1. The number of amides is 1. The van der Waals surface area contributed by atoms with Crippen LogP contribution in [0, 0.1) is 5.82 Å². The van der Waals surface area contributed by atoms with Gasteiger partial charge in [-0.25, -0.2) is 4.39 Å². The summed E-state index contributed by atoms with van der Waals surface area (Å²) in [5.41, 5.74) is 0.260. The lowest BCUT2D eigenvalue weighted by Gasteiger charge is -2.34. The van der Waals surface area contributed by atoms with E-state index in [1.165, 1.54) is 24.3 Å². The van der Waals surface area contributed by atoms with Crippen LogP contribution in [0.2, 0.25) is 0 Å². The molecule has 21 heavy (non-hydrogen) atoms. The van der Waals surface area contributed by atoms with Gasteiger partial charge in [-0.1, -0.05) is 0 Å². The number of H-pyrrole nitrogens is 1. The van der Waals surface area contributed by atoms with E-state index in [1.807, 2.05) is 6.92 Å². The zero-order chi connectivity index (χ0) is 15.0. The average Bonchev–Trinajstić information content (AvgIpc) is 2.45. The number of hydrogen-bond donors (Lipinski definition) is 2. The Morgan fingerprint density at radius 1 is 1.38 bits per heavy atom. The fraction of sp³-hybridized carbons (Fsp3) is 0.333. The Balaban J connectivity index is 2.11. The lowest BCUT2D eigenvalue weighted by molar-refractivity contribution is 0.0657. The first kappa shape index (κ1) is 13.8. The van der Waals surface area contributed by atoms with Crippen molar-refractivity contribution in [1.29, 1.82) is 0 Å². The summed E-state index contributed by atoms with van der Waals surface area (Å²) in [7, 11) is 0. The number of nitrogens with one attached hydrogen (secondary N) is 2. The van der Waals surface area contributed by atoms with Gasteiger partial charge in [0.15, 0.2) is 0 Å². The maximum Gasteiger partial charge on any atom is 0.255 e. The van der Waals surface area contributed by atoms with E-state index >= 15 is 0 Å². The number of piperazine rings is 1. The van der Waals surface area contributed by atoms with Crippen molar-refractivity contribution in [2.75, 3.05) is 19.6 Å². The van der Waals surface area contributed by atoms with Crippen molar-refractivity contribution in [1.82, 2.24) is 15.2 Å². The molecule has 110 valence electrons. The lowest BCUT2D eigenvalue weighted by Crippen LogP contribution is -2.52. The van der Waals surface area contributed by atoms with Crippen molar-refractivity contribution in [3.8, 4) is 0 Å². The number of hydrogen-bond acceptors (Lipinski definition) is 3. The van der Waals surface area contributed by atoms with Gasteiger partial charge < -0.3 is 15.2 Å². The number of rotatable bonds is 1. The normalized spacial score (nSPS) is 19.0. The van der Waals surface area contributed by atoms with Crippen molar-refractivity contribution in [3.63, 3.8) is 0 Å². The van der Waals surface area contributed by atoms with Gasteiger partial charge in [-0.15, -0.1) is 0 Å². The highest BCUT2D eigenvalue weighted by Crippen LogP contribution is 2.19. The summed E-state index contributed by atoms with van der Waals surface area (Å²) in [5, 5.41) is 3.78. The molecule has 6 heteroatoms. The fourth-order valence-electron chi connectivity index (χ4n) is 2.71. The molecule has 1 aliphatic rings.